The summed E-state index contributed by atoms with van der Waals surface area (Å²) in [7, 11) is 0. The molecule has 2 aromatic carbocycles. The highest BCUT2D eigenvalue weighted by molar-refractivity contribution is 6.30. The topological polar surface area (TPSA) is 58.4 Å². The Morgan fingerprint density at radius 2 is 2.00 bits per heavy atom. The number of anilines is 2. The van der Waals surface area contributed by atoms with Crippen molar-refractivity contribution in [2.75, 3.05) is 17.6 Å². The average Bonchev–Trinajstić information content (AvgIpc) is 2.44. The number of benzene rings is 2. The summed E-state index contributed by atoms with van der Waals surface area (Å²) in [6, 6.07) is 14.4. The highest BCUT2D eigenvalue weighted by Crippen LogP contribution is 2.16. The van der Waals surface area contributed by atoms with Crippen LogP contribution in [0.2, 0.25) is 5.02 Å². The van der Waals surface area contributed by atoms with Gasteiger partial charge in [-0.1, -0.05) is 29.8 Å². The maximum atomic E-state index is 12.3. The van der Waals surface area contributed by atoms with E-state index in [0.29, 0.717) is 29.5 Å². The Kier molecular flexibility index (Phi) is 5.06. The molecule has 2 aromatic rings. The Morgan fingerprint density at radius 1 is 1.24 bits per heavy atom. The van der Waals surface area contributed by atoms with Gasteiger partial charge in [0.05, 0.1) is 0 Å². The van der Waals surface area contributed by atoms with Crippen LogP contribution in [0.25, 0.3) is 0 Å². The van der Waals surface area contributed by atoms with Gasteiger partial charge < -0.3 is 16.0 Å². The average molecular weight is 304 g/mol. The number of nitrogen functional groups attached to an aromatic ring is 1. The molecule has 0 fully saturated rings. The number of nitrogens with zero attached hydrogens (tertiary/aromatic N) is 1. The first kappa shape index (κ1) is 15.2. The van der Waals surface area contributed by atoms with Gasteiger partial charge >= 0.3 is 6.03 Å². The van der Waals surface area contributed by atoms with E-state index in [0.717, 1.165) is 5.56 Å². The molecule has 0 atom stereocenters. The van der Waals surface area contributed by atoms with E-state index in [1.807, 2.05) is 31.2 Å². The third-order valence-electron chi connectivity index (χ3n) is 3.07. The molecule has 0 aliphatic carbocycles. The highest BCUT2D eigenvalue weighted by atomic mass is 35.5. The predicted octanol–water partition coefficient (Wildman–Crippen LogP) is 3.98. The summed E-state index contributed by atoms with van der Waals surface area (Å²) in [4.78, 5) is 14.0. The van der Waals surface area contributed by atoms with Crippen LogP contribution < -0.4 is 11.1 Å². The zero-order chi connectivity index (χ0) is 15.2. The van der Waals surface area contributed by atoms with Crippen LogP contribution in [-0.4, -0.2) is 17.5 Å². The van der Waals surface area contributed by atoms with Gasteiger partial charge in [0.15, 0.2) is 0 Å². The van der Waals surface area contributed by atoms with Gasteiger partial charge in [-0.2, -0.15) is 0 Å². The van der Waals surface area contributed by atoms with E-state index in [9.17, 15) is 4.79 Å². The molecule has 0 spiro atoms. The number of nitrogens with two attached hydrogens (primary N) is 1. The quantitative estimate of drug-likeness (QED) is 0.839. The minimum absolute atomic E-state index is 0.165. The maximum Gasteiger partial charge on any atom is 0.322 e. The second kappa shape index (κ2) is 6.99. The summed E-state index contributed by atoms with van der Waals surface area (Å²) < 4.78 is 0. The fourth-order valence-electron chi connectivity index (χ4n) is 2.01. The molecular formula is C16H18ClN3O. The molecule has 110 valence electrons. The zero-order valence-corrected chi connectivity index (χ0v) is 12.6. The molecule has 3 N–H and O–H groups in total. The van der Waals surface area contributed by atoms with Crippen LogP contribution in [0.15, 0.2) is 48.5 Å². The fourth-order valence-corrected chi connectivity index (χ4v) is 2.20. The molecule has 0 aromatic heterocycles. The van der Waals surface area contributed by atoms with E-state index >= 15 is 0 Å². The van der Waals surface area contributed by atoms with Gasteiger partial charge in [-0.3, -0.25) is 0 Å². The van der Waals surface area contributed by atoms with Gasteiger partial charge in [0.25, 0.3) is 0 Å². The summed E-state index contributed by atoms with van der Waals surface area (Å²) in [5.74, 6) is 0. The fraction of sp³-hybridized carbons (Fsp3) is 0.188. The molecule has 2 rings (SSSR count). The van der Waals surface area contributed by atoms with Crippen molar-refractivity contribution < 1.29 is 4.79 Å². The lowest BCUT2D eigenvalue weighted by Gasteiger charge is -2.21. The van der Waals surface area contributed by atoms with Gasteiger partial charge in [-0.15, -0.1) is 0 Å². The Hall–Kier alpha value is -2.20. The van der Waals surface area contributed by atoms with E-state index in [1.54, 1.807) is 29.2 Å². The third kappa shape index (κ3) is 4.39. The predicted molar refractivity (Wildman–Crippen MR) is 87.4 cm³/mol. The lowest BCUT2D eigenvalue weighted by molar-refractivity contribution is 0.212. The second-order valence-corrected chi connectivity index (χ2v) is 5.14. The lowest BCUT2D eigenvalue weighted by atomic mass is 10.2. The Bertz CT molecular complexity index is 630. The Morgan fingerprint density at radius 3 is 2.67 bits per heavy atom. The van der Waals surface area contributed by atoms with E-state index in [4.69, 9.17) is 17.3 Å². The summed E-state index contributed by atoms with van der Waals surface area (Å²) in [6.45, 7) is 3.04. The van der Waals surface area contributed by atoms with Gasteiger partial charge in [-0.05, 0) is 42.8 Å². The van der Waals surface area contributed by atoms with Crippen LogP contribution in [0.4, 0.5) is 16.2 Å². The third-order valence-corrected chi connectivity index (χ3v) is 3.30. The van der Waals surface area contributed by atoms with Crippen LogP contribution in [-0.2, 0) is 6.54 Å². The number of urea groups is 1. The summed E-state index contributed by atoms with van der Waals surface area (Å²) >= 11 is 5.91. The number of hydrogen-bond acceptors (Lipinski definition) is 2. The Balaban J connectivity index is 2.05. The summed E-state index contributed by atoms with van der Waals surface area (Å²) in [5, 5.41) is 3.43. The van der Waals surface area contributed by atoms with Crippen LogP contribution in [0.3, 0.4) is 0 Å². The molecule has 5 heteroatoms. The van der Waals surface area contributed by atoms with E-state index in [1.165, 1.54) is 0 Å². The number of hydrogen-bond donors (Lipinski definition) is 2. The zero-order valence-electron chi connectivity index (χ0n) is 11.8. The maximum absolute atomic E-state index is 12.3. The molecule has 0 heterocycles. The molecule has 0 aliphatic rings. The second-order valence-electron chi connectivity index (χ2n) is 4.70. The van der Waals surface area contributed by atoms with Crippen molar-refractivity contribution in [3.63, 3.8) is 0 Å². The molecule has 0 saturated heterocycles. The van der Waals surface area contributed by atoms with Crippen molar-refractivity contribution in [3.8, 4) is 0 Å². The molecule has 4 nitrogen and oxygen atoms in total. The van der Waals surface area contributed by atoms with Crippen LogP contribution in [0.5, 0.6) is 0 Å². The van der Waals surface area contributed by atoms with E-state index in [2.05, 4.69) is 5.32 Å². The number of carbonyl (C=O) groups is 1. The van der Waals surface area contributed by atoms with Crippen LogP contribution >= 0.6 is 11.6 Å². The minimum Gasteiger partial charge on any atom is -0.399 e. The van der Waals surface area contributed by atoms with Crippen LogP contribution in [0.1, 0.15) is 12.5 Å². The normalized spacial score (nSPS) is 10.2. The highest BCUT2D eigenvalue weighted by Gasteiger charge is 2.12. The smallest absolute Gasteiger partial charge is 0.322 e. The summed E-state index contributed by atoms with van der Waals surface area (Å²) in [5.41, 5.74) is 8.13. The van der Waals surface area contributed by atoms with Crippen LogP contribution in [0, 0.1) is 0 Å². The Labute approximate surface area is 129 Å². The number of rotatable bonds is 4. The number of halogens is 1. The SMILES string of the molecule is CCN(Cc1cccc(N)c1)C(=O)Nc1cccc(Cl)c1. The van der Waals surface area contributed by atoms with E-state index < -0.39 is 0 Å². The first-order valence-corrected chi connectivity index (χ1v) is 7.12. The van der Waals surface area contributed by atoms with Gasteiger partial charge in [0, 0.05) is 29.5 Å². The van der Waals surface area contributed by atoms with Gasteiger partial charge in [0.2, 0.25) is 0 Å². The molecular weight excluding hydrogens is 286 g/mol. The first-order chi connectivity index (χ1) is 10.1. The summed E-state index contributed by atoms with van der Waals surface area (Å²) in [6.07, 6.45) is 0. The number of nitrogens with one attached hydrogen (secondary N) is 1. The van der Waals surface area contributed by atoms with Gasteiger partial charge in [-0.25, -0.2) is 4.79 Å². The van der Waals surface area contributed by atoms with Crippen molar-refractivity contribution >= 4 is 29.0 Å². The standard InChI is InChI=1S/C16H18ClN3O/c1-2-20(11-12-5-3-7-14(18)9-12)16(21)19-15-8-4-6-13(17)10-15/h3-10H,2,11,18H2,1H3,(H,19,21). The molecule has 0 radical (unpaired) electrons. The van der Waals surface area contributed by atoms with Crippen molar-refractivity contribution in [2.24, 2.45) is 0 Å². The van der Waals surface area contributed by atoms with E-state index in [-0.39, 0.29) is 6.03 Å². The molecule has 0 bridgehead atoms. The van der Waals surface area contributed by atoms with Crippen molar-refractivity contribution in [1.82, 2.24) is 4.90 Å². The molecule has 0 aliphatic heterocycles. The number of carbonyl (C=O) groups excluding carboxylic acids is 1. The molecule has 0 unspecified atom stereocenters. The van der Waals surface area contributed by atoms with Crippen molar-refractivity contribution in [2.45, 2.75) is 13.5 Å². The monoisotopic (exact) mass is 303 g/mol. The lowest BCUT2D eigenvalue weighted by Crippen LogP contribution is -2.34. The number of amides is 2. The van der Waals surface area contributed by atoms with Gasteiger partial charge in [0.1, 0.15) is 0 Å². The van der Waals surface area contributed by atoms with Crippen molar-refractivity contribution in [3.05, 3.63) is 59.1 Å². The van der Waals surface area contributed by atoms with Crippen molar-refractivity contribution in [1.29, 1.82) is 0 Å². The molecule has 2 amide bonds. The molecule has 0 saturated carbocycles. The largest absolute Gasteiger partial charge is 0.399 e. The first-order valence-electron chi connectivity index (χ1n) is 6.74. The minimum atomic E-state index is -0.165. The molecule has 21 heavy (non-hydrogen) atoms.